The van der Waals surface area contributed by atoms with Gasteiger partial charge in [0.15, 0.2) is 0 Å². The zero-order valence-corrected chi connectivity index (χ0v) is 20.9. The summed E-state index contributed by atoms with van der Waals surface area (Å²) < 4.78 is 11.4. The second kappa shape index (κ2) is 8.23. The maximum atomic E-state index is 12.7. The third-order valence-electron chi connectivity index (χ3n) is 6.53. The summed E-state index contributed by atoms with van der Waals surface area (Å²) in [5.74, 6) is 0.350. The lowest BCUT2D eigenvalue weighted by Crippen LogP contribution is -2.60. The Balaban J connectivity index is 1.79. The first kappa shape index (κ1) is 24.9. The second-order valence-electron chi connectivity index (χ2n) is 11.7. The van der Waals surface area contributed by atoms with Crippen molar-refractivity contribution in [1.82, 2.24) is 25.1 Å². The van der Waals surface area contributed by atoms with Crippen LogP contribution in [-0.2, 0) is 10.4 Å². The predicted molar refractivity (Wildman–Crippen MR) is 118 cm³/mol. The molecule has 10 heteroatoms. The Morgan fingerprint density at radius 2 is 1.19 bits per heavy atom. The quantitative estimate of drug-likeness (QED) is 0.726. The predicted octanol–water partition coefficient (Wildman–Crippen LogP) is 3.41. The van der Waals surface area contributed by atoms with Gasteiger partial charge in [-0.2, -0.15) is 9.97 Å². The van der Waals surface area contributed by atoms with E-state index in [1.807, 2.05) is 55.4 Å². The van der Waals surface area contributed by atoms with E-state index < -0.39 is 22.2 Å². The van der Waals surface area contributed by atoms with E-state index in [-0.39, 0.29) is 24.2 Å². The van der Waals surface area contributed by atoms with Crippen LogP contribution in [0.2, 0.25) is 0 Å². The van der Waals surface area contributed by atoms with Gasteiger partial charge in [-0.25, -0.2) is 0 Å². The summed E-state index contributed by atoms with van der Waals surface area (Å²) in [6.45, 7) is 15.5. The fourth-order valence-electron chi connectivity index (χ4n) is 5.50. The van der Waals surface area contributed by atoms with Gasteiger partial charge in [-0.15, -0.1) is 25.5 Å². The fraction of sp³-hybridized carbons (Fsp3) is 0.864. The Morgan fingerprint density at radius 1 is 0.750 bits per heavy atom. The third kappa shape index (κ3) is 5.08. The van der Waals surface area contributed by atoms with E-state index in [4.69, 9.17) is 9.47 Å². The molecule has 1 aromatic rings. The van der Waals surface area contributed by atoms with Gasteiger partial charge >= 0.3 is 12.0 Å². The van der Waals surface area contributed by atoms with Crippen LogP contribution in [0.4, 0.5) is 5.95 Å². The molecule has 0 aromatic carbocycles. The number of anilines is 1. The van der Waals surface area contributed by atoms with E-state index in [0.29, 0.717) is 31.6 Å². The van der Waals surface area contributed by atoms with Gasteiger partial charge in [0, 0.05) is 41.0 Å². The molecule has 1 N–H and O–H groups in total. The van der Waals surface area contributed by atoms with Crippen molar-refractivity contribution in [3.8, 4) is 12.0 Å². The average Bonchev–Trinajstić information content (AvgIpc) is 2.63. The molecule has 2 radical (unpaired) electrons. The highest BCUT2D eigenvalue weighted by atomic mass is 16.5. The van der Waals surface area contributed by atoms with Crippen molar-refractivity contribution in [2.24, 2.45) is 0 Å². The van der Waals surface area contributed by atoms with Gasteiger partial charge in [-0.1, -0.05) is 0 Å². The molecule has 32 heavy (non-hydrogen) atoms. The Labute approximate surface area is 191 Å². The molecule has 0 saturated carbocycles. The van der Waals surface area contributed by atoms with Crippen LogP contribution in [0.25, 0.3) is 0 Å². The maximum absolute atomic E-state index is 12.7. The minimum absolute atomic E-state index is 0.00623. The summed E-state index contributed by atoms with van der Waals surface area (Å²) in [6, 6.07) is 0.318. The summed E-state index contributed by atoms with van der Waals surface area (Å²) in [7, 11) is 1.49. The number of ether oxygens (including phenoxy) is 2. The van der Waals surface area contributed by atoms with E-state index in [0.717, 1.165) is 5.06 Å². The van der Waals surface area contributed by atoms with Crippen LogP contribution in [0.3, 0.4) is 0 Å². The second-order valence-corrected chi connectivity index (χ2v) is 11.7. The van der Waals surface area contributed by atoms with Crippen molar-refractivity contribution >= 4 is 5.95 Å². The molecule has 0 amide bonds. The first-order valence-electron chi connectivity index (χ1n) is 11.2. The molecule has 0 unspecified atom stereocenters. The zero-order valence-electron chi connectivity index (χ0n) is 20.9. The summed E-state index contributed by atoms with van der Waals surface area (Å²) >= 11 is 0. The van der Waals surface area contributed by atoms with Crippen LogP contribution in [0.5, 0.6) is 12.0 Å². The van der Waals surface area contributed by atoms with Crippen LogP contribution in [0.1, 0.15) is 81.1 Å². The van der Waals surface area contributed by atoms with E-state index in [2.05, 4.69) is 20.3 Å². The van der Waals surface area contributed by atoms with E-state index >= 15 is 0 Å². The number of hydroxylamine groups is 4. The highest BCUT2D eigenvalue weighted by Gasteiger charge is 2.48. The standard InChI is InChI=1S/C22H38N6O4/c1-19(2)10-14(11-20(3,4)27(19)29)23-16-24-17(31-9)26-18(25-16)32-15-12-21(5,6)28(30)22(7,8)13-15/h14-15H,10-13H2,1-9H3,(H,23,24,25,26). The minimum atomic E-state index is -0.561. The van der Waals surface area contributed by atoms with Crippen LogP contribution >= 0.6 is 0 Å². The number of hydrogen-bond donors (Lipinski definition) is 1. The molecule has 0 spiro atoms. The van der Waals surface area contributed by atoms with Crippen LogP contribution in [0, 0.1) is 0 Å². The van der Waals surface area contributed by atoms with Crippen LogP contribution in [-0.4, -0.2) is 66.5 Å². The first-order valence-corrected chi connectivity index (χ1v) is 11.2. The minimum Gasteiger partial charge on any atom is -0.467 e. The summed E-state index contributed by atoms with van der Waals surface area (Å²) in [6.07, 6.45) is 2.19. The molecule has 2 fully saturated rings. The Bertz CT molecular complexity index is 730. The highest BCUT2D eigenvalue weighted by Crippen LogP contribution is 2.39. The van der Waals surface area contributed by atoms with Crippen LogP contribution < -0.4 is 14.8 Å². The molecule has 0 aliphatic carbocycles. The smallest absolute Gasteiger partial charge is 0.324 e. The molecule has 2 aliphatic heterocycles. The van der Waals surface area contributed by atoms with Crippen LogP contribution in [0.15, 0.2) is 0 Å². The SMILES string of the molecule is COc1nc(NC2CC(C)(C)N([O])C(C)(C)C2)nc(OC2CC(C)(C)N([O])C(C)(C)C2)n1. The molecule has 2 saturated heterocycles. The maximum Gasteiger partial charge on any atom is 0.324 e. The van der Waals surface area contributed by atoms with Crippen molar-refractivity contribution in [2.75, 3.05) is 12.4 Å². The molecule has 180 valence electrons. The van der Waals surface area contributed by atoms with Gasteiger partial charge in [-0.05, 0) is 68.2 Å². The fourth-order valence-corrected chi connectivity index (χ4v) is 5.50. The van der Waals surface area contributed by atoms with Crippen molar-refractivity contribution in [3.05, 3.63) is 0 Å². The molecule has 3 heterocycles. The van der Waals surface area contributed by atoms with Crippen molar-refractivity contribution in [1.29, 1.82) is 0 Å². The largest absolute Gasteiger partial charge is 0.467 e. The number of aromatic nitrogens is 3. The number of rotatable bonds is 5. The van der Waals surface area contributed by atoms with Gasteiger partial charge in [-0.3, -0.25) is 0 Å². The first-order chi connectivity index (χ1) is 14.6. The summed E-state index contributed by atoms with van der Waals surface area (Å²) in [5.41, 5.74) is -2.15. The number of nitrogens with zero attached hydrogens (tertiary/aromatic N) is 5. The zero-order chi connectivity index (χ0) is 24.1. The topological polar surface area (TPSA) is 115 Å². The van der Waals surface area contributed by atoms with Gasteiger partial charge in [0.2, 0.25) is 5.95 Å². The Kier molecular flexibility index (Phi) is 6.40. The molecule has 10 nitrogen and oxygen atoms in total. The van der Waals surface area contributed by atoms with Crippen molar-refractivity contribution in [2.45, 2.75) is 115 Å². The summed E-state index contributed by atoms with van der Waals surface area (Å²) in [4.78, 5) is 13.1. The lowest BCUT2D eigenvalue weighted by molar-refractivity contribution is -0.297. The van der Waals surface area contributed by atoms with Crippen molar-refractivity contribution < 1.29 is 19.9 Å². The van der Waals surface area contributed by atoms with E-state index in [9.17, 15) is 10.4 Å². The van der Waals surface area contributed by atoms with E-state index in [1.54, 1.807) is 0 Å². The Morgan fingerprint density at radius 3 is 1.66 bits per heavy atom. The summed E-state index contributed by atoms with van der Waals surface area (Å²) in [5, 5.41) is 31.0. The van der Waals surface area contributed by atoms with Gasteiger partial charge in [0.25, 0.3) is 0 Å². The molecule has 3 rings (SSSR count). The molecular formula is C22H38N6O4. The lowest BCUT2D eigenvalue weighted by atomic mass is 9.79. The highest BCUT2D eigenvalue weighted by molar-refractivity contribution is 5.30. The molecule has 2 aliphatic rings. The monoisotopic (exact) mass is 450 g/mol. The van der Waals surface area contributed by atoms with Gasteiger partial charge in [0.05, 0.1) is 7.11 Å². The number of piperidine rings is 2. The number of hydrogen-bond acceptors (Lipinski definition) is 8. The molecule has 0 atom stereocenters. The lowest BCUT2D eigenvalue weighted by Gasteiger charge is -2.50. The third-order valence-corrected chi connectivity index (χ3v) is 6.53. The number of methoxy groups -OCH3 is 1. The normalized spacial score (nSPS) is 26.0. The Hall–Kier alpha value is -1.75. The molecule has 0 bridgehead atoms. The van der Waals surface area contributed by atoms with Crippen molar-refractivity contribution in [3.63, 3.8) is 0 Å². The average molecular weight is 451 g/mol. The molecular weight excluding hydrogens is 412 g/mol. The molecule has 1 aromatic heterocycles. The number of nitrogens with one attached hydrogen (secondary N) is 1. The van der Waals surface area contributed by atoms with E-state index in [1.165, 1.54) is 12.2 Å². The van der Waals surface area contributed by atoms with Gasteiger partial charge < -0.3 is 14.8 Å². The van der Waals surface area contributed by atoms with Gasteiger partial charge in [0.1, 0.15) is 6.10 Å².